The number of pyridine rings is 1. The molecule has 1 heterocycles. The molecule has 0 aliphatic carbocycles. The molecule has 20 heavy (non-hydrogen) atoms. The van der Waals surface area contributed by atoms with E-state index in [1.54, 1.807) is 18.5 Å². The van der Waals surface area contributed by atoms with E-state index in [2.05, 4.69) is 4.98 Å². The van der Waals surface area contributed by atoms with Gasteiger partial charge in [-0.2, -0.15) is 0 Å². The van der Waals surface area contributed by atoms with Crippen LogP contribution in [0.5, 0.6) is 5.75 Å². The normalized spacial score (nSPS) is 11.8. The van der Waals surface area contributed by atoms with Crippen LogP contribution in [0.15, 0.2) is 48.8 Å². The molecule has 1 atom stereocenters. The van der Waals surface area contributed by atoms with Crippen molar-refractivity contribution in [3.8, 4) is 5.75 Å². The van der Waals surface area contributed by atoms with Crippen molar-refractivity contribution in [3.63, 3.8) is 0 Å². The van der Waals surface area contributed by atoms with Crippen LogP contribution in [-0.2, 0) is 11.2 Å². The van der Waals surface area contributed by atoms with Gasteiger partial charge < -0.3 is 9.84 Å². The fourth-order valence-electron chi connectivity index (χ4n) is 2.09. The first-order valence-electron chi connectivity index (χ1n) is 6.55. The highest BCUT2D eigenvalue weighted by Crippen LogP contribution is 2.24. The van der Waals surface area contributed by atoms with E-state index >= 15 is 0 Å². The molecule has 1 aromatic heterocycles. The fourth-order valence-corrected chi connectivity index (χ4v) is 2.09. The molecule has 4 heteroatoms. The number of rotatable bonds is 6. The number of nitrogens with zero attached hydrogens (tertiary/aromatic N) is 1. The summed E-state index contributed by atoms with van der Waals surface area (Å²) in [5.74, 6) is -0.723. The number of hydrogen-bond acceptors (Lipinski definition) is 3. The Bertz CT molecular complexity index is 569. The maximum atomic E-state index is 11.5. The summed E-state index contributed by atoms with van der Waals surface area (Å²) in [7, 11) is 0. The van der Waals surface area contributed by atoms with Gasteiger partial charge in [0.15, 0.2) is 0 Å². The number of hydrogen-bond donors (Lipinski definition) is 1. The number of ether oxygens (including phenoxy) is 1. The summed E-state index contributed by atoms with van der Waals surface area (Å²) in [6, 6.07) is 10.9. The first-order chi connectivity index (χ1) is 9.70. The number of aliphatic carboxylic acids is 1. The van der Waals surface area contributed by atoms with Crippen molar-refractivity contribution in [2.24, 2.45) is 0 Å². The van der Waals surface area contributed by atoms with Crippen LogP contribution in [0.4, 0.5) is 0 Å². The minimum Gasteiger partial charge on any atom is -0.494 e. The Kier molecular flexibility index (Phi) is 4.71. The van der Waals surface area contributed by atoms with Gasteiger partial charge in [0.2, 0.25) is 0 Å². The highest BCUT2D eigenvalue weighted by Gasteiger charge is 2.20. The van der Waals surface area contributed by atoms with Gasteiger partial charge in [-0.3, -0.25) is 9.78 Å². The van der Waals surface area contributed by atoms with Crippen molar-refractivity contribution in [1.29, 1.82) is 0 Å². The zero-order valence-electron chi connectivity index (χ0n) is 11.3. The maximum absolute atomic E-state index is 11.5. The average molecular weight is 271 g/mol. The zero-order valence-corrected chi connectivity index (χ0v) is 11.3. The molecule has 104 valence electrons. The number of aromatic nitrogens is 1. The SMILES string of the molecule is CCOc1cccc(C(Cc2ccncc2)C(=O)O)c1. The van der Waals surface area contributed by atoms with Gasteiger partial charge in [0.25, 0.3) is 0 Å². The molecule has 1 aromatic carbocycles. The Hall–Kier alpha value is -2.36. The van der Waals surface area contributed by atoms with Gasteiger partial charge in [-0.1, -0.05) is 12.1 Å². The molecule has 0 spiro atoms. The van der Waals surface area contributed by atoms with Gasteiger partial charge >= 0.3 is 5.97 Å². The third-order valence-corrected chi connectivity index (χ3v) is 3.06. The van der Waals surface area contributed by atoms with E-state index in [9.17, 15) is 9.90 Å². The molecular formula is C16H17NO3. The second kappa shape index (κ2) is 6.70. The van der Waals surface area contributed by atoms with Crippen LogP contribution >= 0.6 is 0 Å². The molecule has 0 radical (unpaired) electrons. The van der Waals surface area contributed by atoms with Crippen molar-refractivity contribution in [3.05, 3.63) is 59.9 Å². The highest BCUT2D eigenvalue weighted by molar-refractivity contribution is 5.76. The molecule has 0 saturated carbocycles. The van der Waals surface area contributed by atoms with Gasteiger partial charge in [-0.05, 0) is 48.7 Å². The first kappa shape index (κ1) is 14.1. The van der Waals surface area contributed by atoms with E-state index in [1.165, 1.54) is 0 Å². The van der Waals surface area contributed by atoms with Crippen molar-refractivity contribution < 1.29 is 14.6 Å². The van der Waals surface area contributed by atoms with E-state index in [1.807, 2.05) is 37.3 Å². The molecule has 2 aromatic rings. The first-order valence-corrected chi connectivity index (χ1v) is 6.55. The van der Waals surface area contributed by atoms with Crippen molar-refractivity contribution in [1.82, 2.24) is 4.98 Å². The highest BCUT2D eigenvalue weighted by atomic mass is 16.5. The van der Waals surface area contributed by atoms with Crippen LogP contribution in [-0.4, -0.2) is 22.7 Å². The van der Waals surface area contributed by atoms with Gasteiger partial charge in [-0.15, -0.1) is 0 Å². The molecular weight excluding hydrogens is 254 g/mol. The number of carboxylic acids is 1. The van der Waals surface area contributed by atoms with Crippen LogP contribution in [0, 0.1) is 0 Å². The lowest BCUT2D eigenvalue weighted by atomic mass is 9.92. The van der Waals surface area contributed by atoms with E-state index in [4.69, 9.17) is 4.74 Å². The molecule has 1 unspecified atom stereocenters. The summed E-state index contributed by atoms with van der Waals surface area (Å²) >= 11 is 0. The average Bonchev–Trinajstić information content (AvgIpc) is 2.46. The molecule has 1 N–H and O–H groups in total. The molecule has 4 nitrogen and oxygen atoms in total. The Morgan fingerprint density at radius 2 is 2.05 bits per heavy atom. The van der Waals surface area contributed by atoms with Crippen LogP contribution in [0.3, 0.4) is 0 Å². The summed E-state index contributed by atoms with van der Waals surface area (Å²) in [5.41, 5.74) is 1.70. The molecule has 0 bridgehead atoms. The summed E-state index contributed by atoms with van der Waals surface area (Å²) < 4.78 is 5.42. The van der Waals surface area contributed by atoms with Gasteiger partial charge in [0.1, 0.15) is 5.75 Å². The summed E-state index contributed by atoms with van der Waals surface area (Å²) in [6.07, 6.45) is 3.78. The lowest BCUT2D eigenvalue weighted by Crippen LogP contribution is -2.14. The number of carboxylic acid groups (broad SMARTS) is 1. The van der Waals surface area contributed by atoms with Crippen molar-refractivity contribution >= 4 is 5.97 Å². The monoisotopic (exact) mass is 271 g/mol. The van der Waals surface area contributed by atoms with Crippen LogP contribution in [0.2, 0.25) is 0 Å². The van der Waals surface area contributed by atoms with E-state index in [0.29, 0.717) is 18.8 Å². The maximum Gasteiger partial charge on any atom is 0.311 e. The number of carbonyl (C=O) groups is 1. The predicted octanol–water partition coefficient (Wildman–Crippen LogP) is 2.89. The number of benzene rings is 1. The minimum atomic E-state index is -0.838. The molecule has 0 fully saturated rings. The second-order valence-electron chi connectivity index (χ2n) is 4.46. The molecule has 0 amide bonds. The summed E-state index contributed by atoms with van der Waals surface area (Å²) in [5, 5.41) is 9.45. The molecule has 0 saturated heterocycles. The predicted molar refractivity (Wildman–Crippen MR) is 75.9 cm³/mol. The van der Waals surface area contributed by atoms with Gasteiger partial charge in [0, 0.05) is 12.4 Å². The largest absolute Gasteiger partial charge is 0.494 e. The minimum absolute atomic E-state index is 0.438. The van der Waals surface area contributed by atoms with Crippen molar-refractivity contribution in [2.45, 2.75) is 19.3 Å². The standard InChI is InChI=1S/C16H17NO3/c1-2-20-14-5-3-4-13(11-14)15(16(18)19)10-12-6-8-17-9-7-12/h3-9,11,15H,2,10H2,1H3,(H,18,19). The summed E-state index contributed by atoms with van der Waals surface area (Å²) in [6.45, 7) is 2.46. The van der Waals surface area contributed by atoms with Gasteiger partial charge in [-0.25, -0.2) is 0 Å². The quantitative estimate of drug-likeness (QED) is 0.877. The topological polar surface area (TPSA) is 59.4 Å². The van der Waals surface area contributed by atoms with Crippen LogP contribution < -0.4 is 4.74 Å². The van der Waals surface area contributed by atoms with Gasteiger partial charge in [0.05, 0.1) is 12.5 Å². The zero-order chi connectivity index (χ0) is 14.4. The van der Waals surface area contributed by atoms with E-state index in [-0.39, 0.29) is 0 Å². The smallest absolute Gasteiger partial charge is 0.311 e. The lowest BCUT2D eigenvalue weighted by Gasteiger charge is -2.14. The second-order valence-corrected chi connectivity index (χ2v) is 4.46. The molecule has 2 rings (SSSR count). The molecule has 0 aliphatic rings. The third-order valence-electron chi connectivity index (χ3n) is 3.06. The summed E-state index contributed by atoms with van der Waals surface area (Å²) in [4.78, 5) is 15.5. The third kappa shape index (κ3) is 3.57. The van der Waals surface area contributed by atoms with Crippen LogP contribution in [0.1, 0.15) is 24.0 Å². The van der Waals surface area contributed by atoms with E-state index in [0.717, 1.165) is 11.1 Å². The Morgan fingerprint density at radius 3 is 2.70 bits per heavy atom. The van der Waals surface area contributed by atoms with Crippen molar-refractivity contribution in [2.75, 3.05) is 6.61 Å². The Balaban J connectivity index is 2.24. The Morgan fingerprint density at radius 1 is 1.30 bits per heavy atom. The fraction of sp³-hybridized carbons (Fsp3) is 0.250. The lowest BCUT2D eigenvalue weighted by molar-refractivity contribution is -0.138. The molecule has 0 aliphatic heterocycles. The Labute approximate surface area is 118 Å². The van der Waals surface area contributed by atoms with E-state index < -0.39 is 11.9 Å². The van der Waals surface area contributed by atoms with Crippen LogP contribution in [0.25, 0.3) is 0 Å².